The lowest BCUT2D eigenvalue weighted by Gasteiger charge is -2.26. The highest BCUT2D eigenvalue weighted by Crippen LogP contribution is 2.39. The van der Waals surface area contributed by atoms with Gasteiger partial charge in [-0.15, -0.1) is 0 Å². The lowest BCUT2D eigenvalue weighted by molar-refractivity contribution is -0.139. The Labute approximate surface area is 171 Å². The van der Waals surface area contributed by atoms with Crippen LogP contribution in [0.15, 0.2) is 60.2 Å². The van der Waals surface area contributed by atoms with Crippen molar-refractivity contribution >= 4 is 17.4 Å². The van der Waals surface area contributed by atoms with Crippen molar-refractivity contribution < 1.29 is 19.4 Å². The number of benzene rings is 2. The third-order valence-electron chi connectivity index (χ3n) is 5.02. The van der Waals surface area contributed by atoms with Gasteiger partial charge in [-0.25, -0.2) is 0 Å². The Morgan fingerprint density at radius 2 is 1.72 bits per heavy atom. The van der Waals surface area contributed by atoms with E-state index in [0.29, 0.717) is 17.9 Å². The van der Waals surface area contributed by atoms with Gasteiger partial charge < -0.3 is 19.6 Å². The number of carbonyl (C=O) groups excluding carboxylic acids is 2. The molecule has 1 aliphatic rings. The molecule has 0 unspecified atom stereocenters. The van der Waals surface area contributed by atoms with Crippen LogP contribution >= 0.6 is 0 Å². The summed E-state index contributed by atoms with van der Waals surface area (Å²) in [5, 5.41) is 10.9. The van der Waals surface area contributed by atoms with Crippen molar-refractivity contribution in [2.24, 2.45) is 0 Å². The minimum absolute atomic E-state index is 0.121. The molecule has 0 bridgehead atoms. The summed E-state index contributed by atoms with van der Waals surface area (Å²) in [6.45, 7) is 1.21. The van der Waals surface area contributed by atoms with Gasteiger partial charge in [0.25, 0.3) is 11.7 Å². The third-order valence-corrected chi connectivity index (χ3v) is 5.02. The molecule has 2 aromatic carbocycles. The molecule has 1 atom stereocenters. The van der Waals surface area contributed by atoms with E-state index < -0.39 is 17.7 Å². The molecule has 6 heteroatoms. The first-order valence-corrected chi connectivity index (χ1v) is 9.56. The number of carbonyl (C=O) groups is 2. The maximum atomic E-state index is 12.9. The Kier molecular flexibility index (Phi) is 6.34. The fraction of sp³-hybridized carbons (Fsp3) is 0.304. The molecule has 1 fully saturated rings. The van der Waals surface area contributed by atoms with Gasteiger partial charge >= 0.3 is 0 Å². The average Bonchev–Trinajstić information content (AvgIpc) is 2.98. The van der Waals surface area contributed by atoms with Gasteiger partial charge in [-0.05, 0) is 44.8 Å². The molecule has 29 heavy (non-hydrogen) atoms. The fourth-order valence-corrected chi connectivity index (χ4v) is 3.55. The number of nitrogens with zero attached hydrogens (tertiary/aromatic N) is 2. The van der Waals surface area contributed by atoms with Gasteiger partial charge in [0.05, 0.1) is 18.7 Å². The molecule has 3 rings (SSSR count). The fourth-order valence-electron chi connectivity index (χ4n) is 3.55. The highest BCUT2D eigenvalue weighted by molar-refractivity contribution is 6.46. The first-order valence-electron chi connectivity index (χ1n) is 9.56. The van der Waals surface area contributed by atoms with Gasteiger partial charge in [-0.1, -0.05) is 42.5 Å². The van der Waals surface area contributed by atoms with E-state index in [1.165, 1.54) is 0 Å². The summed E-state index contributed by atoms with van der Waals surface area (Å²) in [6.07, 6.45) is 0.720. The summed E-state index contributed by atoms with van der Waals surface area (Å²) in [6, 6.07) is 15.4. The maximum Gasteiger partial charge on any atom is 0.295 e. The standard InChI is InChI=1S/C23H26N2O4/c1-24(2)14-7-15-25-20(16-10-12-18(29-3)13-11-16)19(22(27)23(25)28)21(26)17-8-5-4-6-9-17/h4-6,8-13,20,26H,7,14-15H2,1-3H3/b21-19+/t20-/m0/s1. The zero-order valence-corrected chi connectivity index (χ0v) is 17.0. The first kappa shape index (κ1) is 20.6. The van der Waals surface area contributed by atoms with Crippen molar-refractivity contribution in [3.63, 3.8) is 0 Å². The van der Waals surface area contributed by atoms with E-state index in [0.717, 1.165) is 18.5 Å². The maximum absolute atomic E-state index is 12.9. The van der Waals surface area contributed by atoms with Crippen LogP contribution < -0.4 is 4.74 Å². The van der Waals surface area contributed by atoms with E-state index in [9.17, 15) is 14.7 Å². The minimum atomic E-state index is -0.656. The highest BCUT2D eigenvalue weighted by Gasteiger charge is 2.45. The minimum Gasteiger partial charge on any atom is -0.507 e. The van der Waals surface area contributed by atoms with Crippen LogP contribution in [0.1, 0.15) is 23.6 Å². The summed E-state index contributed by atoms with van der Waals surface area (Å²) in [7, 11) is 5.51. The van der Waals surface area contributed by atoms with E-state index in [1.54, 1.807) is 48.4 Å². The van der Waals surface area contributed by atoms with Crippen molar-refractivity contribution in [2.75, 3.05) is 34.3 Å². The van der Waals surface area contributed by atoms with E-state index in [-0.39, 0.29) is 11.3 Å². The number of aliphatic hydroxyl groups excluding tert-OH is 1. The highest BCUT2D eigenvalue weighted by atomic mass is 16.5. The van der Waals surface area contributed by atoms with Crippen LogP contribution in [0.25, 0.3) is 5.76 Å². The molecule has 2 aromatic rings. The van der Waals surface area contributed by atoms with Gasteiger partial charge in [0.1, 0.15) is 11.5 Å². The molecule has 152 valence electrons. The van der Waals surface area contributed by atoms with E-state index in [4.69, 9.17) is 4.74 Å². The number of likely N-dealkylation sites (tertiary alicyclic amines) is 1. The average molecular weight is 394 g/mol. The number of amides is 1. The van der Waals surface area contributed by atoms with E-state index in [2.05, 4.69) is 0 Å². The van der Waals surface area contributed by atoms with Crippen LogP contribution in [0, 0.1) is 0 Å². The Balaban J connectivity index is 2.06. The predicted octanol–water partition coefficient (Wildman–Crippen LogP) is 3.07. The lowest BCUT2D eigenvalue weighted by atomic mass is 9.95. The molecule has 0 aromatic heterocycles. The molecule has 1 N–H and O–H groups in total. The number of methoxy groups -OCH3 is 1. The van der Waals surface area contributed by atoms with Crippen LogP contribution in [0.5, 0.6) is 5.75 Å². The number of rotatable bonds is 7. The molecular weight excluding hydrogens is 368 g/mol. The molecule has 0 radical (unpaired) electrons. The van der Waals surface area contributed by atoms with Crippen molar-refractivity contribution in [3.8, 4) is 5.75 Å². The van der Waals surface area contributed by atoms with Crippen LogP contribution in [-0.2, 0) is 9.59 Å². The van der Waals surface area contributed by atoms with Crippen LogP contribution in [-0.4, -0.2) is 60.9 Å². The zero-order chi connectivity index (χ0) is 21.0. The number of aliphatic hydroxyl groups is 1. The summed E-state index contributed by atoms with van der Waals surface area (Å²) in [5.74, 6) is -0.708. The molecule has 0 aliphatic carbocycles. The lowest BCUT2D eigenvalue weighted by Crippen LogP contribution is -2.32. The summed E-state index contributed by atoms with van der Waals surface area (Å²) < 4.78 is 5.22. The van der Waals surface area contributed by atoms with Crippen molar-refractivity contribution in [2.45, 2.75) is 12.5 Å². The monoisotopic (exact) mass is 394 g/mol. The van der Waals surface area contributed by atoms with Gasteiger partial charge in [0.15, 0.2) is 0 Å². The zero-order valence-electron chi connectivity index (χ0n) is 17.0. The number of ketones is 1. The van der Waals surface area contributed by atoms with Crippen LogP contribution in [0.3, 0.4) is 0 Å². The second kappa shape index (κ2) is 8.92. The Morgan fingerprint density at radius 1 is 1.07 bits per heavy atom. The number of hydrogen-bond acceptors (Lipinski definition) is 5. The molecule has 1 aliphatic heterocycles. The van der Waals surface area contributed by atoms with Crippen molar-refractivity contribution in [1.82, 2.24) is 9.80 Å². The molecule has 1 saturated heterocycles. The van der Waals surface area contributed by atoms with Gasteiger partial charge in [-0.2, -0.15) is 0 Å². The van der Waals surface area contributed by atoms with Gasteiger partial charge in [0, 0.05) is 12.1 Å². The Morgan fingerprint density at radius 3 is 2.31 bits per heavy atom. The second-order valence-corrected chi connectivity index (χ2v) is 7.29. The Hall–Kier alpha value is -3.12. The van der Waals surface area contributed by atoms with Crippen LogP contribution in [0.2, 0.25) is 0 Å². The quantitative estimate of drug-likeness (QED) is 0.444. The summed E-state index contributed by atoms with van der Waals surface area (Å²) in [4.78, 5) is 29.3. The summed E-state index contributed by atoms with van der Waals surface area (Å²) in [5.41, 5.74) is 1.39. The molecule has 0 saturated carbocycles. The Bertz CT molecular complexity index is 904. The SMILES string of the molecule is COc1ccc([C@H]2/C(=C(\O)c3ccccc3)C(=O)C(=O)N2CCCN(C)C)cc1. The van der Waals surface area contributed by atoms with E-state index >= 15 is 0 Å². The van der Waals surface area contributed by atoms with Gasteiger partial charge in [0.2, 0.25) is 0 Å². The number of Topliss-reactive ketones (excluding diaryl/α,β-unsaturated/α-hetero) is 1. The number of ether oxygens (including phenoxy) is 1. The topological polar surface area (TPSA) is 70.1 Å². The molecule has 1 amide bonds. The van der Waals surface area contributed by atoms with Gasteiger partial charge in [-0.3, -0.25) is 9.59 Å². The first-order chi connectivity index (χ1) is 13.9. The third kappa shape index (κ3) is 4.32. The molecule has 0 spiro atoms. The molecular formula is C23H26N2O4. The number of hydrogen-bond donors (Lipinski definition) is 1. The smallest absolute Gasteiger partial charge is 0.295 e. The molecule has 1 heterocycles. The predicted molar refractivity (Wildman–Crippen MR) is 112 cm³/mol. The normalized spacial score (nSPS) is 18.5. The second-order valence-electron chi connectivity index (χ2n) is 7.29. The summed E-state index contributed by atoms with van der Waals surface area (Å²) >= 11 is 0. The molecule has 6 nitrogen and oxygen atoms in total. The largest absolute Gasteiger partial charge is 0.507 e. The van der Waals surface area contributed by atoms with Crippen molar-refractivity contribution in [3.05, 3.63) is 71.3 Å². The van der Waals surface area contributed by atoms with Crippen molar-refractivity contribution in [1.29, 1.82) is 0 Å². The van der Waals surface area contributed by atoms with Crippen LogP contribution in [0.4, 0.5) is 0 Å². The van der Waals surface area contributed by atoms with E-state index in [1.807, 2.05) is 37.2 Å².